The molecular weight excluding hydrogens is 322 g/mol. The molecule has 2 aliphatic heterocycles. The Balaban J connectivity index is 1.52. The number of likely N-dealkylation sites (tertiary alicyclic amines) is 1. The molecule has 4 rings (SSSR count). The molecule has 0 unspecified atom stereocenters. The highest BCUT2D eigenvalue weighted by Crippen LogP contribution is 2.34. The maximum Gasteiger partial charge on any atom is 0.241 e. The number of anilines is 1. The summed E-state index contributed by atoms with van der Waals surface area (Å²) in [6.07, 6.45) is 4.81. The summed E-state index contributed by atoms with van der Waals surface area (Å²) in [7, 11) is 3.98. The second-order valence-electron chi connectivity index (χ2n) is 6.97. The van der Waals surface area contributed by atoms with Crippen molar-refractivity contribution < 1.29 is 4.79 Å². The highest BCUT2D eigenvalue weighted by molar-refractivity contribution is 7.09. The van der Waals surface area contributed by atoms with E-state index in [1.54, 1.807) is 10.9 Å². The Kier molecular flexibility index (Phi) is 3.94. The number of nitrogens with zero attached hydrogens (tertiary/aromatic N) is 5. The molecule has 0 aromatic carbocycles. The zero-order valence-electron chi connectivity index (χ0n) is 14.2. The second-order valence-corrected chi connectivity index (χ2v) is 8.00. The second kappa shape index (κ2) is 5.98. The largest absolute Gasteiger partial charge is 0.306 e. The summed E-state index contributed by atoms with van der Waals surface area (Å²) >= 11 is 1.82. The van der Waals surface area contributed by atoms with E-state index < -0.39 is 0 Å². The monoisotopic (exact) mass is 345 g/mol. The molecule has 1 atom stereocenters. The summed E-state index contributed by atoms with van der Waals surface area (Å²) in [5.74, 6) is 0.160. The van der Waals surface area contributed by atoms with Gasteiger partial charge in [-0.15, -0.1) is 11.3 Å². The van der Waals surface area contributed by atoms with Crippen LogP contribution >= 0.6 is 11.3 Å². The number of aryl methyl sites for hydroxylation is 1. The zero-order chi connectivity index (χ0) is 16.7. The van der Waals surface area contributed by atoms with Crippen LogP contribution in [-0.4, -0.2) is 64.3 Å². The molecule has 6 nitrogen and oxygen atoms in total. The zero-order valence-corrected chi connectivity index (χ0v) is 15.0. The van der Waals surface area contributed by atoms with Crippen molar-refractivity contribution in [1.82, 2.24) is 19.6 Å². The number of thiophene rings is 1. The summed E-state index contributed by atoms with van der Waals surface area (Å²) < 4.78 is 1.76. The first-order valence-electron chi connectivity index (χ1n) is 8.31. The van der Waals surface area contributed by atoms with Crippen molar-refractivity contribution in [2.75, 3.05) is 38.1 Å². The Labute approximate surface area is 146 Å². The van der Waals surface area contributed by atoms with Gasteiger partial charge in [-0.3, -0.25) is 19.3 Å². The summed E-state index contributed by atoms with van der Waals surface area (Å²) in [4.78, 5) is 20.6. The van der Waals surface area contributed by atoms with Crippen LogP contribution in [-0.2, 0) is 18.4 Å². The predicted molar refractivity (Wildman–Crippen MR) is 95.1 cm³/mol. The first-order chi connectivity index (χ1) is 11.6. The Bertz CT molecular complexity index is 727. The Hall–Kier alpha value is -1.70. The maximum atomic E-state index is 12.5. The van der Waals surface area contributed by atoms with Crippen molar-refractivity contribution in [3.63, 3.8) is 0 Å². The van der Waals surface area contributed by atoms with Gasteiger partial charge in [0.15, 0.2) is 0 Å². The van der Waals surface area contributed by atoms with Crippen molar-refractivity contribution in [3.05, 3.63) is 34.8 Å². The van der Waals surface area contributed by atoms with Gasteiger partial charge in [-0.25, -0.2) is 0 Å². The van der Waals surface area contributed by atoms with Crippen LogP contribution in [0.1, 0.15) is 11.3 Å². The minimum Gasteiger partial charge on any atom is -0.306 e. The number of hydrogen-bond acceptors (Lipinski definition) is 5. The molecule has 2 saturated heterocycles. The van der Waals surface area contributed by atoms with Crippen LogP contribution in [0.4, 0.5) is 5.69 Å². The molecule has 2 aliphatic rings. The molecular formula is C17H23N5OS. The number of piperazine rings is 1. The molecule has 1 amide bonds. The summed E-state index contributed by atoms with van der Waals surface area (Å²) in [5.41, 5.74) is 0.952. The van der Waals surface area contributed by atoms with Crippen LogP contribution in [0.2, 0.25) is 0 Å². The summed E-state index contributed by atoms with van der Waals surface area (Å²) in [6.45, 7) is 4.31. The molecule has 2 fully saturated rings. The Morgan fingerprint density at radius 3 is 2.92 bits per heavy atom. The van der Waals surface area contributed by atoms with Crippen LogP contribution in [0.5, 0.6) is 0 Å². The van der Waals surface area contributed by atoms with Gasteiger partial charge in [0, 0.05) is 44.3 Å². The van der Waals surface area contributed by atoms with E-state index in [9.17, 15) is 4.79 Å². The molecule has 0 N–H and O–H groups in total. The molecule has 0 bridgehead atoms. The van der Waals surface area contributed by atoms with Crippen molar-refractivity contribution in [1.29, 1.82) is 0 Å². The minimum atomic E-state index is 0.0427. The van der Waals surface area contributed by atoms with Gasteiger partial charge in [0.25, 0.3) is 0 Å². The van der Waals surface area contributed by atoms with E-state index in [1.807, 2.05) is 29.5 Å². The lowest BCUT2D eigenvalue weighted by atomic mass is 9.93. The SMILES string of the molecule is CN1CC(=O)N(c2cnn(C)c2)C[C@@]12CCN(Cc1cccs1)C2. The quantitative estimate of drug-likeness (QED) is 0.844. The number of carbonyl (C=O) groups excluding carboxylic acids is 1. The third kappa shape index (κ3) is 2.76. The van der Waals surface area contributed by atoms with E-state index >= 15 is 0 Å². The van der Waals surface area contributed by atoms with Crippen molar-refractivity contribution in [2.24, 2.45) is 7.05 Å². The lowest BCUT2D eigenvalue weighted by Gasteiger charge is -2.46. The van der Waals surface area contributed by atoms with Gasteiger partial charge in [-0.1, -0.05) is 6.07 Å². The van der Waals surface area contributed by atoms with Crippen LogP contribution in [0.3, 0.4) is 0 Å². The van der Waals surface area contributed by atoms with Crippen molar-refractivity contribution >= 4 is 22.9 Å². The fourth-order valence-electron chi connectivity index (χ4n) is 3.88. The molecule has 4 heterocycles. The number of aromatic nitrogens is 2. The number of hydrogen-bond donors (Lipinski definition) is 0. The summed E-state index contributed by atoms with van der Waals surface area (Å²) in [6, 6.07) is 4.31. The number of likely N-dealkylation sites (N-methyl/N-ethyl adjacent to an activating group) is 1. The lowest BCUT2D eigenvalue weighted by Crippen LogP contribution is -2.64. The van der Waals surface area contributed by atoms with Gasteiger partial charge >= 0.3 is 0 Å². The van der Waals surface area contributed by atoms with Crippen molar-refractivity contribution in [3.8, 4) is 0 Å². The van der Waals surface area contributed by atoms with Gasteiger partial charge in [-0.2, -0.15) is 5.10 Å². The molecule has 7 heteroatoms. The van der Waals surface area contributed by atoms with Gasteiger partial charge < -0.3 is 4.90 Å². The van der Waals surface area contributed by atoms with Gasteiger partial charge in [0.2, 0.25) is 5.91 Å². The first kappa shape index (κ1) is 15.8. The smallest absolute Gasteiger partial charge is 0.241 e. The van der Waals surface area contributed by atoms with E-state index in [4.69, 9.17) is 0 Å². The number of carbonyl (C=O) groups is 1. The van der Waals surface area contributed by atoms with Crippen LogP contribution in [0.15, 0.2) is 29.9 Å². The molecule has 0 aliphatic carbocycles. The maximum absolute atomic E-state index is 12.5. The molecule has 1 spiro atoms. The molecule has 0 saturated carbocycles. The molecule has 2 aromatic rings. The van der Waals surface area contributed by atoms with E-state index in [2.05, 4.69) is 39.5 Å². The normalized spacial score (nSPS) is 25.9. The van der Waals surface area contributed by atoms with Gasteiger partial charge in [0.1, 0.15) is 0 Å². The molecule has 24 heavy (non-hydrogen) atoms. The highest BCUT2D eigenvalue weighted by Gasteiger charge is 2.47. The lowest BCUT2D eigenvalue weighted by molar-refractivity contribution is -0.123. The van der Waals surface area contributed by atoms with E-state index in [0.29, 0.717) is 6.54 Å². The van der Waals surface area contributed by atoms with Gasteiger partial charge in [-0.05, 0) is 24.9 Å². The number of rotatable bonds is 3. The van der Waals surface area contributed by atoms with E-state index in [-0.39, 0.29) is 11.4 Å². The fourth-order valence-corrected chi connectivity index (χ4v) is 4.63. The van der Waals surface area contributed by atoms with Crippen molar-refractivity contribution in [2.45, 2.75) is 18.5 Å². The Morgan fingerprint density at radius 2 is 2.21 bits per heavy atom. The molecule has 0 radical (unpaired) electrons. The van der Waals surface area contributed by atoms with E-state index in [1.165, 1.54) is 4.88 Å². The predicted octanol–water partition coefficient (Wildman–Crippen LogP) is 1.40. The van der Waals surface area contributed by atoms with Crippen LogP contribution in [0, 0.1) is 0 Å². The van der Waals surface area contributed by atoms with E-state index in [0.717, 1.165) is 38.3 Å². The average Bonchev–Trinajstić information content (AvgIpc) is 3.26. The minimum absolute atomic E-state index is 0.0427. The average molecular weight is 345 g/mol. The van der Waals surface area contributed by atoms with Crippen LogP contribution < -0.4 is 4.90 Å². The third-order valence-corrected chi connectivity index (χ3v) is 6.17. The third-order valence-electron chi connectivity index (χ3n) is 5.31. The fraction of sp³-hybridized carbons (Fsp3) is 0.529. The topological polar surface area (TPSA) is 44.6 Å². The number of amides is 1. The molecule has 2 aromatic heterocycles. The Morgan fingerprint density at radius 1 is 1.33 bits per heavy atom. The highest BCUT2D eigenvalue weighted by atomic mass is 32.1. The van der Waals surface area contributed by atoms with Gasteiger partial charge in [0.05, 0.1) is 24.0 Å². The molecule has 128 valence electrons. The first-order valence-corrected chi connectivity index (χ1v) is 9.19. The summed E-state index contributed by atoms with van der Waals surface area (Å²) in [5, 5.41) is 6.36. The standard InChI is InChI=1S/C17H23N5OS/c1-19-11-16(23)22(14-8-18-20(2)9-14)13-17(19)5-6-21(12-17)10-15-4-3-7-24-15/h3-4,7-9H,5-6,10-13H2,1-2H3/t17-/m0/s1. The van der Waals surface area contributed by atoms with Crippen LogP contribution in [0.25, 0.3) is 0 Å².